The van der Waals surface area contributed by atoms with Crippen LogP contribution in [0.25, 0.3) is 0 Å². The Morgan fingerprint density at radius 3 is 2.93 bits per heavy atom. The van der Waals surface area contributed by atoms with Gasteiger partial charge in [0.1, 0.15) is 6.07 Å². The van der Waals surface area contributed by atoms with Crippen molar-refractivity contribution >= 4 is 5.91 Å². The summed E-state index contributed by atoms with van der Waals surface area (Å²) in [5.74, 6) is 0.544. The summed E-state index contributed by atoms with van der Waals surface area (Å²) in [4.78, 5) is 13.3. The van der Waals surface area contributed by atoms with E-state index in [1.54, 1.807) is 4.90 Å². The fraction of sp³-hybridized carbons (Fsp3) is 0.636. The number of carbonyl (C=O) groups excluding carboxylic acids is 1. The minimum absolute atomic E-state index is 0.150. The number of nitriles is 1. The normalized spacial score (nSPS) is 26.5. The van der Waals surface area contributed by atoms with Gasteiger partial charge in [0.25, 0.3) is 0 Å². The molecule has 4 nitrogen and oxygen atoms in total. The number of ether oxygens (including phenoxy) is 1. The van der Waals surface area contributed by atoms with E-state index in [0.29, 0.717) is 12.2 Å². The summed E-state index contributed by atoms with van der Waals surface area (Å²) in [5, 5.41) is 8.85. The Hall–Kier alpha value is -1.50. The summed E-state index contributed by atoms with van der Waals surface area (Å²) in [6, 6.07) is 2.04. The average molecular weight is 206 g/mol. The fourth-order valence-corrected chi connectivity index (χ4v) is 2.06. The Morgan fingerprint density at radius 1 is 1.53 bits per heavy atom. The molecule has 1 amide bonds. The predicted molar refractivity (Wildman–Crippen MR) is 53.4 cm³/mol. The monoisotopic (exact) mass is 206 g/mol. The molecule has 0 spiro atoms. The third-order valence-electron chi connectivity index (χ3n) is 2.97. The van der Waals surface area contributed by atoms with Gasteiger partial charge in [-0.1, -0.05) is 0 Å². The number of nitrogens with zero attached hydrogens (tertiary/aromatic N) is 2. The molecule has 0 radical (unpaired) electrons. The van der Waals surface area contributed by atoms with E-state index in [-0.39, 0.29) is 12.1 Å². The lowest BCUT2D eigenvalue weighted by Gasteiger charge is -2.31. The average Bonchev–Trinajstić information content (AvgIpc) is 2.65. The topological polar surface area (TPSA) is 53.3 Å². The van der Waals surface area contributed by atoms with Gasteiger partial charge >= 0.3 is 0 Å². The molecule has 1 atom stereocenters. The molecule has 0 aromatic carbocycles. The molecule has 2 aliphatic rings. The first-order valence-corrected chi connectivity index (χ1v) is 5.28. The molecule has 1 fully saturated rings. The lowest BCUT2D eigenvalue weighted by atomic mass is 10.1. The maximum Gasteiger partial charge on any atom is 0.225 e. The van der Waals surface area contributed by atoms with Crippen LogP contribution in [-0.4, -0.2) is 23.6 Å². The van der Waals surface area contributed by atoms with Crippen LogP contribution in [0.15, 0.2) is 11.3 Å². The second-order valence-corrected chi connectivity index (χ2v) is 4.02. The molecule has 15 heavy (non-hydrogen) atoms. The summed E-state index contributed by atoms with van der Waals surface area (Å²) in [5.41, 5.74) is 0.986. The molecule has 0 aromatic rings. The quantitative estimate of drug-likeness (QED) is 0.654. The molecule has 2 aliphatic heterocycles. The minimum Gasteiger partial charge on any atom is -0.460 e. The molecule has 2 rings (SSSR count). The molecular formula is C11H14N2O2. The zero-order valence-corrected chi connectivity index (χ0v) is 8.82. The summed E-state index contributed by atoms with van der Waals surface area (Å²) in [7, 11) is 0. The second-order valence-electron chi connectivity index (χ2n) is 4.02. The van der Waals surface area contributed by atoms with Crippen molar-refractivity contribution in [3.8, 4) is 6.07 Å². The molecular weight excluding hydrogens is 192 g/mol. The van der Waals surface area contributed by atoms with Crippen molar-refractivity contribution in [3.05, 3.63) is 11.3 Å². The van der Waals surface area contributed by atoms with Crippen LogP contribution in [0.1, 0.15) is 32.6 Å². The van der Waals surface area contributed by atoms with Crippen molar-refractivity contribution in [3.63, 3.8) is 0 Å². The zero-order chi connectivity index (χ0) is 10.8. The largest absolute Gasteiger partial charge is 0.460 e. The summed E-state index contributed by atoms with van der Waals surface area (Å²) in [6.07, 6.45) is 2.96. The van der Waals surface area contributed by atoms with E-state index in [2.05, 4.69) is 0 Å². The van der Waals surface area contributed by atoms with Crippen LogP contribution >= 0.6 is 0 Å². The van der Waals surface area contributed by atoms with E-state index < -0.39 is 0 Å². The van der Waals surface area contributed by atoms with Gasteiger partial charge in [-0.3, -0.25) is 4.79 Å². The van der Waals surface area contributed by atoms with Gasteiger partial charge in [0.05, 0.1) is 0 Å². The van der Waals surface area contributed by atoms with E-state index in [0.717, 1.165) is 31.4 Å². The lowest BCUT2D eigenvalue weighted by molar-refractivity contribution is -0.138. The van der Waals surface area contributed by atoms with E-state index >= 15 is 0 Å². The van der Waals surface area contributed by atoms with Gasteiger partial charge in [-0.05, 0) is 25.3 Å². The Morgan fingerprint density at radius 2 is 2.33 bits per heavy atom. The number of carbonyl (C=O) groups is 1. The first-order valence-electron chi connectivity index (χ1n) is 5.28. The third kappa shape index (κ3) is 1.82. The van der Waals surface area contributed by atoms with Gasteiger partial charge in [0.2, 0.25) is 5.91 Å². The molecule has 0 unspecified atom stereocenters. The highest BCUT2D eigenvalue weighted by atomic mass is 16.5. The number of likely N-dealkylation sites (tertiary alicyclic amines) is 1. The van der Waals surface area contributed by atoms with E-state index in [4.69, 9.17) is 10.00 Å². The predicted octanol–water partition coefficient (Wildman–Crippen LogP) is 1.54. The molecule has 0 aliphatic carbocycles. The first-order chi connectivity index (χ1) is 7.22. The molecule has 0 aromatic heterocycles. The fourth-order valence-electron chi connectivity index (χ4n) is 2.06. The van der Waals surface area contributed by atoms with Crippen LogP contribution < -0.4 is 0 Å². The van der Waals surface area contributed by atoms with Crippen molar-refractivity contribution < 1.29 is 9.53 Å². The number of rotatable bonds is 1. The van der Waals surface area contributed by atoms with Gasteiger partial charge in [-0.2, -0.15) is 5.26 Å². The van der Waals surface area contributed by atoms with Crippen molar-refractivity contribution in [2.24, 2.45) is 0 Å². The Bertz CT molecular complexity index is 354. The highest BCUT2D eigenvalue weighted by Gasteiger charge is 2.31. The summed E-state index contributed by atoms with van der Waals surface area (Å²) < 4.78 is 5.53. The molecule has 2 heterocycles. The van der Waals surface area contributed by atoms with Gasteiger partial charge in [-0.15, -0.1) is 0 Å². The molecule has 1 saturated heterocycles. The minimum atomic E-state index is -0.210. The van der Waals surface area contributed by atoms with Crippen molar-refractivity contribution in [2.75, 3.05) is 6.54 Å². The molecule has 4 heteroatoms. The van der Waals surface area contributed by atoms with Crippen molar-refractivity contribution in [2.45, 2.75) is 38.8 Å². The van der Waals surface area contributed by atoms with E-state index in [1.807, 2.05) is 13.0 Å². The molecule has 0 N–H and O–H groups in total. The smallest absolute Gasteiger partial charge is 0.225 e. The van der Waals surface area contributed by atoms with Crippen molar-refractivity contribution in [1.82, 2.24) is 4.90 Å². The van der Waals surface area contributed by atoms with Crippen LogP contribution in [0.5, 0.6) is 0 Å². The highest BCUT2D eigenvalue weighted by molar-refractivity contribution is 5.78. The maximum atomic E-state index is 11.5. The Labute approximate surface area is 89.1 Å². The molecule has 0 bridgehead atoms. The van der Waals surface area contributed by atoms with Gasteiger partial charge < -0.3 is 9.64 Å². The van der Waals surface area contributed by atoms with Gasteiger partial charge in [0.15, 0.2) is 12.0 Å². The van der Waals surface area contributed by atoms with Gasteiger partial charge in [-0.25, -0.2) is 0 Å². The van der Waals surface area contributed by atoms with Gasteiger partial charge in [0, 0.05) is 19.4 Å². The summed E-state index contributed by atoms with van der Waals surface area (Å²) in [6.45, 7) is 2.67. The van der Waals surface area contributed by atoms with Crippen molar-refractivity contribution in [1.29, 1.82) is 5.26 Å². The molecule has 0 saturated carbocycles. The Kier molecular flexibility index (Phi) is 2.63. The lowest BCUT2D eigenvalue weighted by Crippen LogP contribution is -2.39. The van der Waals surface area contributed by atoms with Crippen LogP contribution in [0.3, 0.4) is 0 Å². The first kappa shape index (κ1) is 10.0. The van der Waals surface area contributed by atoms with E-state index in [9.17, 15) is 4.79 Å². The molecule has 80 valence electrons. The highest BCUT2D eigenvalue weighted by Crippen LogP contribution is 2.27. The number of allylic oxidation sites excluding steroid dienone is 2. The third-order valence-corrected chi connectivity index (χ3v) is 2.97. The standard InChI is InChI=1S/C11H14N2O2/c1-8-4-5-11(15-9(8)7-12)13-6-2-3-10(13)14/h11H,2-6H2,1H3/t11-/m0/s1. The zero-order valence-electron chi connectivity index (χ0n) is 8.82. The van der Waals surface area contributed by atoms with Crippen LogP contribution in [-0.2, 0) is 9.53 Å². The second kappa shape index (κ2) is 3.93. The number of amides is 1. The Balaban J connectivity index is 2.09. The summed E-state index contributed by atoms with van der Waals surface area (Å²) >= 11 is 0. The SMILES string of the molecule is CC1=C(C#N)O[C@H](N2CCCC2=O)CC1. The maximum absolute atomic E-state index is 11.5. The van der Waals surface area contributed by atoms with Crippen LogP contribution in [0, 0.1) is 11.3 Å². The number of hydrogen-bond donors (Lipinski definition) is 0. The van der Waals surface area contributed by atoms with E-state index in [1.165, 1.54) is 0 Å². The van der Waals surface area contributed by atoms with Crippen LogP contribution in [0.2, 0.25) is 0 Å². The number of hydrogen-bond acceptors (Lipinski definition) is 3. The van der Waals surface area contributed by atoms with Crippen LogP contribution in [0.4, 0.5) is 0 Å².